The Labute approximate surface area is 103 Å². The maximum absolute atomic E-state index is 13.3. The molecule has 0 aliphatic carbocycles. The SMILES string of the molecule is N#Cc1ccc(NC(=O)c2ccccc2F)nc1. The number of aromatic nitrogens is 1. The molecule has 2 aromatic rings. The molecule has 0 saturated carbocycles. The lowest BCUT2D eigenvalue weighted by Crippen LogP contribution is -2.14. The molecule has 0 fully saturated rings. The van der Waals surface area contributed by atoms with Gasteiger partial charge in [0, 0.05) is 6.20 Å². The second kappa shape index (κ2) is 5.06. The van der Waals surface area contributed by atoms with Crippen LogP contribution in [0.25, 0.3) is 0 Å². The predicted molar refractivity (Wildman–Crippen MR) is 63.3 cm³/mol. The maximum Gasteiger partial charge on any atom is 0.259 e. The number of amides is 1. The Morgan fingerprint density at radius 1 is 1.28 bits per heavy atom. The van der Waals surface area contributed by atoms with Crippen LogP contribution in [0.4, 0.5) is 10.2 Å². The summed E-state index contributed by atoms with van der Waals surface area (Å²) in [4.78, 5) is 15.6. The maximum atomic E-state index is 13.3. The van der Waals surface area contributed by atoms with Crippen molar-refractivity contribution in [2.75, 3.05) is 5.32 Å². The van der Waals surface area contributed by atoms with E-state index in [1.807, 2.05) is 6.07 Å². The fraction of sp³-hybridized carbons (Fsp3) is 0. The van der Waals surface area contributed by atoms with Gasteiger partial charge in [-0.05, 0) is 24.3 Å². The van der Waals surface area contributed by atoms with Gasteiger partial charge in [-0.2, -0.15) is 5.26 Å². The van der Waals surface area contributed by atoms with E-state index in [9.17, 15) is 9.18 Å². The summed E-state index contributed by atoms with van der Waals surface area (Å²) in [5, 5.41) is 11.0. The summed E-state index contributed by atoms with van der Waals surface area (Å²) in [5.41, 5.74) is 0.336. The molecule has 1 amide bonds. The van der Waals surface area contributed by atoms with E-state index < -0.39 is 11.7 Å². The number of hydrogen-bond donors (Lipinski definition) is 1. The largest absolute Gasteiger partial charge is 0.306 e. The van der Waals surface area contributed by atoms with Gasteiger partial charge in [-0.25, -0.2) is 9.37 Å². The fourth-order valence-corrected chi connectivity index (χ4v) is 1.36. The third-order valence-corrected chi connectivity index (χ3v) is 2.25. The normalized spacial score (nSPS) is 9.56. The lowest BCUT2D eigenvalue weighted by atomic mass is 10.2. The molecule has 0 aliphatic heterocycles. The molecule has 88 valence electrons. The van der Waals surface area contributed by atoms with Crippen LogP contribution in [0.5, 0.6) is 0 Å². The van der Waals surface area contributed by atoms with Crippen molar-refractivity contribution in [1.82, 2.24) is 4.98 Å². The van der Waals surface area contributed by atoms with Gasteiger partial charge in [0.1, 0.15) is 17.7 Å². The number of nitrogens with zero attached hydrogens (tertiary/aromatic N) is 2. The number of carbonyl (C=O) groups is 1. The molecule has 0 unspecified atom stereocenters. The zero-order chi connectivity index (χ0) is 13.0. The van der Waals surface area contributed by atoms with Crippen LogP contribution in [0.15, 0.2) is 42.6 Å². The van der Waals surface area contributed by atoms with Crippen LogP contribution in [0.3, 0.4) is 0 Å². The highest BCUT2D eigenvalue weighted by Crippen LogP contribution is 2.10. The molecule has 5 heteroatoms. The minimum absolute atomic E-state index is 0.0522. The number of benzene rings is 1. The number of carbonyl (C=O) groups excluding carboxylic acids is 1. The molecule has 0 bridgehead atoms. The number of rotatable bonds is 2. The molecule has 4 nitrogen and oxygen atoms in total. The van der Waals surface area contributed by atoms with E-state index in [1.165, 1.54) is 36.5 Å². The zero-order valence-corrected chi connectivity index (χ0v) is 9.22. The van der Waals surface area contributed by atoms with Crippen LogP contribution in [-0.4, -0.2) is 10.9 Å². The highest BCUT2D eigenvalue weighted by Gasteiger charge is 2.11. The minimum atomic E-state index is -0.594. The first-order valence-corrected chi connectivity index (χ1v) is 5.13. The Morgan fingerprint density at radius 3 is 2.67 bits per heavy atom. The van der Waals surface area contributed by atoms with E-state index in [-0.39, 0.29) is 11.4 Å². The Morgan fingerprint density at radius 2 is 2.06 bits per heavy atom. The first-order valence-electron chi connectivity index (χ1n) is 5.13. The van der Waals surface area contributed by atoms with Gasteiger partial charge in [0.05, 0.1) is 11.1 Å². The smallest absolute Gasteiger partial charge is 0.259 e. The van der Waals surface area contributed by atoms with E-state index in [0.29, 0.717) is 5.56 Å². The molecule has 1 aromatic heterocycles. The second-order valence-electron chi connectivity index (χ2n) is 3.48. The third kappa shape index (κ3) is 2.50. The molecule has 1 aromatic carbocycles. The Bertz CT molecular complexity index is 617. The molecule has 0 saturated heterocycles. The van der Waals surface area contributed by atoms with Crippen LogP contribution in [0, 0.1) is 17.1 Å². The van der Waals surface area contributed by atoms with Crippen molar-refractivity contribution in [2.45, 2.75) is 0 Å². The van der Waals surface area contributed by atoms with Crippen LogP contribution < -0.4 is 5.32 Å². The van der Waals surface area contributed by atoms with E-state index in [4.69, 9.17) is 5.26 Å². The second-order valence-corrected chi connectivity index (χ2v) is 3.48. The number of hydrogen-bond acceptors (Lipinski definition) is 3. The van der Waals surface area contributed by atoms with Crippen molar-refractivity contribution < 1.29 is 9.18 Å². The number of nitriles is 1. The standard InChI is InChI=1S/C13H8FN3O/c14-11-4-2-1-3-10(11)13(18)17-12-6-5-9(7-15)8-16-12/h1-6,8H,(H,16,17,18). The minimum Gasteiger partial charge on any atom is -0.306 e. The van der Waals surface area contributed by atoms with Crippen molar-refractivity contribution in [3.63, 3.8) is 0 Å². The van der Waals surface area contributed by atoms with Gasteiger partial charge < -0.3 is 5.32 Å². The molecule has 2 rings (SSSR count). The van der Waals surface area contributed by atoms with E-state index in [0.717, 1.165) is 0 Å². The number of pyridine rings is 1. The van der Waals surface area contributed by atoms with Gasteiger partial charge in [-0.15, -0.1) is 0 Å². The summed E-state index contributed by atoms with van der Waals surface area (Å²) in [5.74, 6) is -0.906. The molecular weight excluding hydrogens is 233 g/mol. The van der Waals surface area contributed by atoms with Gasteiger partial charge in [0.15, 0.2) is 0 Å². The molecule has 0 aliphatic rings. The lowest BCUT2D eigenvalue weighted by molar-refractivity contribution is 0.102. The van der Waals surface area contributed by atoms with Crippen molar-refractivity contribution in [1.29, 1.82) is 5.26 Å². The summed E-state index contributed by atoms with van der Waals surface area (Å²) in [7, 11) is 0. The van der Waals surface area contributed by atoms with Gasteiger partial charge in [0.25, 0.3) is 5.91 Å². The molecular formula is C13H8FN3O. The molecule has 0 radical (unpaired) electrons. The van der Waals surface area contributed by atoms with Crippen LogP contribution in [0.2, 0.25) is 0 Å². The molecule has 0 spiro atoms. The molecule has 18 heavy (non-hydrogen) atoms. The Hall–Kier alpha value is -2.74. The van der Waals surface area contributed by atoms with Gasteiger partial charge in [-0.3, -0.25) is 4.79 Å². The highest BCUT2D eigenvalue weighted by atomic mass is 19.1. The lowest BCUT2D eigenvalue weighted by Gasteiger charge is -2.04. The summed E-state index contributed by atoms with van der Waals surface area (Å²) < 4.78 is 13.3. The Kier molecular flexibility index (Phi) is 3.30. The van der Waals surface area contributed by atoms with Crippen molar-refractivity contribution in [3.8, 4) is 6.07 Å². The van der Waals surface area contributed by atoms with Crippen LogP contribution in [-0.2, 0) is 0 Å². The first-order chi connectivity index (χ1) is 8.70. The van der Waals surface area contributed by atoms with Crippen molar-refractivity contribution in [3.05, 3.63) is 59.5 Å². The monoisotopic (exact) mass is 241 g/mol. The van der Waals surface area contributed by atoms with Gasteiger partial charge in [-0.1, -0.05) is 12.1 Å². The zero-order valence-electron chi connectivity index (χ0n) is 9.22. The van der Waals surface area contributed by atoms with E-state index in [1.54, 1.807) is 6.07 Å². The summed E-state index contributed by atoms with van der Waals surface area (Å²) in [6, 6.07) is 10.6. The molecule has 1 heterocycles. The summed E-state index contributed by atoms with van der Waals surface area (Å²) >= 11 is 0. The van der Waals surface area contributed by atoms with Crippen molar-refractivity contribution in [2.24, 2.45) is 0 Å². The van der Waals surface area contributed by atoms with Crippen LogP contribution >= 0.6 is 0 Å². The molecule has 0 atom stereocenters. The van der Waals surface area contributed by atoms with Crippen LogP contribution in [0.1, 0.15) is 15.9 Å². The Balaban J connectivity index is 2.17. The predicted octanol–water partition coefficient (Wildman–Crippen LogP) is 2.34. The topological polar surface area (TPSA) is 65.8 Å². The number of halogens is 1. The first kappa shape index (κ1) is 11.7. The third-order valence-electron chi connectivity index (χ3n) is 2.25. The fourth-order valence-electron chi connectivity index (χ4n) is 1.36. The van der Waals surface area contributed by atoms with Gasteiger partial charge >= 0.3 is 0 Å². The van der Waals surface area contributed by atoms with E-state index in [2.05, 4.69) is 10.3 Å². The summed E-state index contributed by atoms with van der Waals surface area (Å²) in [6.45, 7) is 0. The quantitative estimate of drug-likeness (QED) is 0.877. The number of anilines is 1. The molecule has 1 N–H and O–H groups in total. The average Bonchev–Trinajstić information content (AvgIpc) is 2.40. The number of nitrogens with one attached hydrogen (secondary N) is 1. The summed E-state index contributed by atoms with van der Waals surface area (Å²) in [6.07, 6.45) is 1.33. The highest BCUT2D eigenvalue weighted by molar-refractivity contribution is 6.03. The van der Waals surface area contributed by atoms with E-state index >= 15 is 0 Å². The average molecular weight is 241 g/mol. The van der Waals surface area contributed by atoms with Crippen molar-refractivity contribution >= 4 is 11.7 Å². The van der Waals surface area contributed by atoms with Gasteiger partial charge in [0.2, 0.25) is 0 Å².